The molecule has 1 N–H and O–H groups in total. The molecule has 1 saturated carbocycles. The van der Waals surface area contributed by atoms with E-state index >= 15 is 0 Å². The molecule has 1 fully saturated rings. The summed E-state index contributed by atoms with van der Waals surface area (Å²) < 4.78 is 5.06. The van der Waals surface area contributed by atoms with Gasteiger partial charge in [-0.2, -0.15) is 0 Å². The fourth-order valence-electron chi connectivity index (χ4n) is 3.94. The van der Waals surface area contributed by atoms with Crippen molar-refractivity contribution in [2.45, 2.75) is 33.1 Å². The van der Waals surface area contributed by atoms with Crippen LogP contribution in [0.4, 0.5) is 5.00 Å². The van der Waals surface area contributed by atoms with Crippen LogP contribution in [0.25, 0.3) is 0 Å². The van der Waals surface area contributed by atoms with Crippen molar-refractivity contribution in [2.75, 3.05) is 11.9 Å². The van der Waals surface area contributed by atoms with Crippen molar-refractivity contribution in [1.29, 1.82) is 0 Å². The van der Waals surface area contributed by atoms with Crippen LogP contribution >= 0.6 is 11.3 Å². The van der Waals surface area contributed by atoms with Crippen molar-refractivity contribution < 1.29 is 24.2 Å². The third-order valence-electron chi connectivity index (χ3n) is 5.19. The Kier molecular flexibility index (Phi) is 5.46. The number of fused-ring (bicyclic) bond motifs is 2. The molecule has 3 aliphatic rings. The molecule has 2 bridgehead atoms. The first-order chi connectivity index (χ1) is 12.5. The average Bonchev–Trinajstić information content (AvgIpc) is 3.05. The maximum atomic E-state index is 12.9. The maximum Gasteiger partial charge on any atom is 0.341 e. The van der Waals surface area contributed by atoms with E-state index in [4.69, 9.17) is 4.74 Å². The summed E-state index contributed by atoms with van der Waals surface area (Å²) >= 11 is 1.32. The van der Waals surface area contributed by atoms with Gasteiger partial charge in [-0.05, 0) is 44.1 Å². The van der Waals surface area contributed by atoms with Crippen molar-refractivity contribution in [3.63, 3.8) is 0 Å². The number of carbonyl (C=O) groups is 3. The van der Waals surface area contributed by atoms with Gasteiger partial charge in [0.25, 0.3) is 0 Å². The fraction of sp³-hybridized carbons (Fsp3) is 0.526. The van der Waals surface area contributed by atoms with Gasteiger partial charge in [0.05, 0.1) is 18.1 Å². The number of aliphatic carboxylic acids is 1. The molecule has 4 rings (SSSR count). The van der Waals surface area contributed by atoms with Gasteiger partial charge in [-0.15, -0.1) is 11.3 Å². The molecule has 1 heterocycles. The minimum atomic E-state index is -1.18. The number of thiophene rings is 1. The van der Waals surface area contributed by atoms with E-state index in [-0.39, 0.29) is 24.3 Å². The highest BCUT2D eigenvalue weighted by atomic mass is 32.1. The lowest BCUT2D eigenvalue weighted by Crippen LogP contribution is -2.51. The molecule has 3 aliphatic carbocycles. The van der Waals surface area contributed by atoms with Crippen LogP contribution in [-0.2, 0) is 20.7 Å². The molecule has 1 aromatic rings. The van der Waals surface area contributed by atoms with Crippen molar-refractivity contribution >= 4 is 34.2 Å². The van der Waals surface area contributed by atoms with Gasteiger partial charge in [0.15, 0.2) is 0 Å². The van der Waals surface area contributed by atoms with Gasteiger partial charge in [-0.1, -0.05) is 19.1 Å². The van der Waals surface area contributed by atoms with E-state index in [0.717, 1.165) is 24.1 Å². The lowest BCUT2D eigenvalue weighted by Gasteiger charge is -2.44. The number of esters is 1. The molecule has 7 heteroatoms. The predicted molar refractivity (Wildman–Crippen MR) is 95.6 cm³/mol. The van der Waals surface area contributed by atoms with Gasteiger partial charge in [0.2, 0.25) is 5.91 Å². The van der Waals surface area contributed by atoms with Crippen molar-refractivity contribution in [3.05, 3.63) is 28.7 Å². The topological polar surface area (TPSA) is 95.5 Å². The van der Waals surface area contributed by atoms with Crippen LogP contribution in [0.3, 0.4) is 0 Å². The summed E-state index contributed by atoms with van der Waals surface area (Å²) in [4.78, 5) is 37.7. The molecule has 26 heavy (non-hydrogen) atoms. The summed E-state index contributed by atoms with van der Waals surface area (Å²) in [6.45, 7) is 3.93. The Labute approximate surface area is 156 Å². The second-order valence-electron chi connectivity index (χ2n) is 6.68. The van der Waals surface area contributed by atoms with E-state index < -0.39 is 23.8 Å². The van der Waals surface area contributed by atoms with Gasteiger partial charge in [-0.25, -0.2) is 4.79 Å². The molecule has 140 valence electrons. The number of anilines is 1. The number of allylic oxidation sites excluding steroid dienone is 2. The second-order valence-corrected chi connectivity index (χ2v) is 7.82. The summed E-state index contributed by atoms with van der Waals surface area (Å²) in [5.74, 6) is -3.82. The number of ether oxygens (including phenoxy) is 1. The van der Waals surface area contributed by atoms with Gasteiger partial charge in [0.1, 0.15) is 5.00 Å². The standard InChI is InChI=1S/C19H23NO5S/c1-3-12-9-13(19(24)25-4-2)17(26-12)20-16(21)14-10-5-7-11(8-6-10)15(14)18(22)23/h5,7,9-11,14-15H,3-4,6,8H2,1-2H3,(H,20,21)(H,22,23)/p-1/t10-,11-,14+,15-/m0/s1. The summed E-state index contributed by atoms with van der Waals surface area (Å²) in [7, 11) is 0. The zero-order valence-electron chi connectivity index (χ0n) is 14.8. The van der Waals surface area contributed by atoms with E-state index in [2.05, 4.69) is 5.32 Å². The Balaban J connectivity index is 1.85. The molecular weight excluding hydrogens is 354 g/mol. The number of rotatable bonds is 6. The highest BCUT2D eigenvalue weighted by molar-refractivity contribution is 7.16. The fourth-order valence-corrected chi connectivity index (χ4v) is 4.92. The first-order valence-corrected chi connectivity index (χ1v) is 9.77. The zero-order chi connectivity index (χ0) is 18.8. The highest BCUT2D eigenvalue weighted by Gasteiger charge is 2.45. The van der Waals surface area contributed by atoms with Gasteiger partial charge >= 0.3 is 5.97 Å². The largest absolute Gasteiger partial charge is 0.550 e. The zero-order valence-corrected chi connectivity index (χ0v) is 15.6. The Morgan fingerprint density at radius 3 is 2.38 bits per heavy atom. The molecule has 1 aromatic heterocycles. The number of hydrogen-bond acceptors (Lipinski definition) is 6. The van der Waals surface area contributed by atoms with Crippen molar-refractivity contribution in [2.24, 2.45) is 23.7 Å². The molecular formula is C19H22NO5S-. The number of aryl methyl sites for hydroxylation is 1. The summed E-state index contributed by atoms with van der Waals surface area (Å²) in [6, 6.07) is 1.72. The minimum Gasteiger partial charge on any atom is -0.550 e. The quantitative estimate of drug-likeness (QED) is 0.605. The first-order valence-electron chi connectivity index (χ1n) is 8.96. The summed E-state index contributed by atoms with van der Waals surface area (Å²) in [5, 5.41) is 14.8. The van der Waals surface area contributed by atoms with Crippen LogP contribution < -0.4 is 10.4 Å². The molecule has 0 unspecified atom stereocenters. The Morgan fingerprint density at radius 1 is 1.19 bits per heavy atom. The lowest BCUT2D eigenvalue weighted by molar-refractivity contribution is -0.316. The third-order valence-corrected chi connectivity index (χ3v) is 6.38. The minimum absolute atomic E-state index is 0.112. The molecule has 0 aromatic carbocycles. The first kappa shape index (κ1) is 18.6. The van der Waals surface area contributed by atoms with E-state index in [1.165, 1.54) is 11.3 Å². The molecule has 4 atom stereocenters. The number of carboxylic acids is 1. The number of hydrogen-bond donors (Lipinski definition) is 1. The van der Waals surface area contributed by atoms with Crippen LogP contribution in [0, 0.1) is 23.7 Å². The van der Waals surface area contributed by atoms with E-state index in [1.54, 1.807) is 13.0 Å². The van der Waals surface area contributed by atoms with Gasteiger partial charge in [-0.3, -0.25) is 4.79 Å². The van der Waals surface area contributed by atoms with Crippen molar-refractivity contribution in [3.8, 4) is 0 Å². The maximum absolute atomic E-state index is 12.9. The third kappa shape index (κ3) is 3.40. The SMILES string of the molecule is CCOC(=O)c1cc(CC)sc1NC(=O)[C@H]1[C@@H](C(=O)[O-])[C@H]2C=C[C@H]1CC2. The summed E-state index contributed by atoms with van der Waals surface area (Å²) in [5.41, 5.74) is 0.323. The molecule has 0 saturated heterocycles. The Morgan fingerprint density at radius 2 is 1.85 bits per heavy atom. The van der Waals surface area contributed by atoms with Crippen LogP contribution in [-0.4, -0.2) is 24.5 Å². The molecule has 0 spiro atoms. The summed E-state index contributed by atoms with van der Waals surface area (Å²) in [6.07, 6.45) is 6.11. The molecule has 1 amide bonds. The number of carboxylic acid groups (broad SMARTS) is 1. The van der Waals surface area contributed by atoms with Crippen LogP contribution in [0.15, 0.2) is 18.2 Å². The van der Waals surface area contributed by atoms with E-state index in [1.807, 2.05) is 19.1 Å². The van der Waals surface area contributed by atoms with Gasteiger partial charge < -0.3 is 20.0 Å². The van der Waals surface area contributed by atoms with Crippen LogP contribution in [0.5, 0.6) is 0 Å². The monoisotopic (exact) mass is 376 g/mol. The molecule has 0 radical (unpaired) electrons. The highest BCUT2D eigenvalue weighted by Crippen LogP contribution is 2.45. The molecule has 0 aliphatic heterocycles. The lowest BCUT2D eigenvalue weighted by atomic mass is 9.62. The Hall–Kier alpha value is -2.15. The molecule has 6 nitrogen and oxygen atoms in total. The normalized spacial score (nSPS) is 26.5. The number of nitrogens with one attached hydrogen (secondary N) is 1. The van der Waals surface area contributed by atoms with Crippen LogP contribution in [0.1, 0.15) is 41.9 Å². The second kappa shape index (κ2) is 7.61. The van der Waals surface area contributed by atoms with E-state index in [9.17, 15) is 19.5 Å². The van der Waals surface area contributed by atoms with Crippen LogP contribution in [0.2, 0.25) is 0 Å². The smallest absolute Gasteiger partial charge is 0.341 e. The number of carbonyl (C=O) groups excluding carboxylic acids is 3. The average molecular weight is 376 g/mol. The Bertz CT molecular complexity index is 753. The number of amides is 1. The van der Waals surface area contributed by atoms with Gasteiger partial charge in [0, 0.05) is 16.8 Å². The van der Waals surface area contributed by atoms with E-state index in [0.29, 0.717) is 10.6 Å². The van der Waals surface area contributed by atoms with Crippen molar-refractivity contribution in [1.82, 2.24) is 0 Å². The predicted octanol–water partition coefficient (Wildman–Crippen LogP) is 2.00.